The number of fused-ring (bicyclic) bond motifs is 4. The molecule has 0 amide bonds. The van der Waals surface area contributed by atoms with Crippen molar-refractivity contribution in [2.75, 3.05) is 33.1 Å². The first-order valence-corrected chi connectivity index (χ1v) is 16.5. The minimum absolute atomic E-state index is 1.27. The lowest BCUT2D eigenvalue weighted by Gasteiger charge is -2.38. The van der Waals surface area contributed by atoms with E-state index in [-0.39, 0.29) is 0 Å². The Bertz CT molecular complexity index is 1790. The molecule has 0 saturated heterocycles. The fourth-order valence-corrected chi connectivity index (χ4v) is 9.53. The van der Waals surface area contributed by atoms with E-state index >= 15 is 0 Å². The van der Waals surface area contributed by atoms with Crippen LogP contribution in [0.5, 0.6) is 0 Å². The summed E-state index contributed by atoms with van der Waals surface area (Å²) in [6.07, 6.45) is 7.11. The molecule has 4 aromatic carbocycles. The van der Waals surface area contributed by atoms with Gasteiger partial charge in [-0.1, -0.05) is 55.6 Å². The van der Waals surface area contributed by atoms with Gasteiger partial charge in [-0.05, 0) is 103 Å². The van der Waals surface area contributed by atoms with Gasteiger partial charge < -0.3 is 4.90 Å². The van der Waals surface area contributed by atoms with E-state index in [1.165, 1.54) is 76.7 Å². The summed E-state index contributed by atoms with van der Waals surface area (Å²) in [5.74, 6) is 0. The van der Waals surface area contributed by atoms with E-state index in [1.54, 1.807) is 0 Å². The van der Waals surface area contributed by atoms with E-state index in [0.717, 1.165) is 0 Å². The highest BCUT2D eigenvalue weighted by molar-refractivity contribution is 6.98. The number of allylic oxidation sites excluding steroid dienone is 5. The van der Waals surface area contributed by atoms with Gasteiger partial charge in [-0.15, -0.1) is 0 Å². The fraction of sp³-hybridized carbons (Fsp3) is 0.229. The van der Waals surface area contributed by atoms with E-state index in [9.17, 15) is 0 Å². The summed E-state index contributed by atoms with van der Waals surface area (Å²) in [6, 6.07) is 23.1. The second-order valence-electron chi connectivity index (χ2n) is 11.8. The minimum Gasteiger partial charge on any atom is -0.378 e. The van der Waals surface area contributed by atoms with Gasteiger partial charge in [0.05, 0.1) is 0 Å². The van der Waals surface area contributed by atoms with Crippen LogP contribution in [0.3, 0.4) is 0 Å². The first-order chi connectivity index (χ1) is 18.1. The molecule has 1 aliphatic carbocycles. The molecule has 0 fully saturated rings. The van der Waals surface area contributed by atoms with Gasteiger partial charge in [0.15, 0.2) is 5.71 Å². The lowest BCUT2D eigenvalue weighted by atomic mass is 9.86. The fourth-order valence-electron chi connectivity index (χ4n) is 6.46. The second kappa shape index (κ2) is 8.67. The zero-order valence-electron chi connectivity index (χ0n) is 23.9. The van der Waals surface area contributed by atoms with Crippen LogP contribution in [-0.4, -0.2) is 46.6 Å². The summed E-state index contributed by atoms with van der Waals surface area (Å²) in [5.41, 5.74) is 10.7. The maximum absolute atomic E-state index is 2.51. The molecule has 0 atom stereocenters. The van der Waals surface area contributed by atoms with Gasteiger partial charge in [0, 0.05) is 31.9 Å². The van der Waals surface area contributed by atoms with Crippen molar-refractivity contribution in [3.8, 4) is 0 Å². The largest absolute Gasteiger partial charge is 0.378 e. The Balaban J connectivity index is 1.70. The smallest absolute Gasteiger partial charge is 0.199 e. The Morgan fingerprint density at radius 1 is 0.737 bits per heavy atom. The van der Waals surface area contributed by atoms with Crippen LogP contribution in [0.4, 0.5) is 5.69 Å². The van der Waals surface area contributed by atoms with Crippen molar-refractivity contribution in [1.82, 2.24) is 0 Å². The molecular weight excluding hydrogens is 476 g/mol. The summed E-state index contributed by atoms with van der Waals surface area (Å²) in [6.45, 7) is 9.58. The molecule has 0 unspecified atom stereocenters. The Labute approximate surface area is 227 Å². The SMILES string of the molecule is Cc1c2ccccc2c(C)c2cc(C3=C4C=CC(=[N+](C)C)C=C4[Si](C)(C)c4cc(N(C)C)ccc43)ccc12. The van der Waals surface area contributed by atoms with Crippen molar-refractivity contribution in [2.45, 2.75) is 26.9 Å². The summed E-state index contributed by atoms with van der Waals surface area (Å²) >= 11 is 0. The molecule has 0 N–H and O–H groups in total. The molecule has 0 radical (unpaired) electrons. The highest BCUT2D eigenvalue weighted by atomic mass is 28.3. The number of nitrogens with zero attached hydrogens (tertiary/aromatic N) is 2. The third-order valence-electron chi connectivity index (χ3n) is 8.78. The predicted octanol–water partition coefficient (Wildman–Crippen LogP) is 7.16. The normalized spacial score (nSPS) is 16.0. The van der Waals surface area contributed by atoms with Gasteiger partial charge in [-0.25, -0.2) is 4.58 Å². The molecule has 6 rings (SSSR count). The Morgan fingerprint density at radius 2 is 1.39 bits per heavy atom. The highest BCUT2D eigenvalue weighted by Gasteiger charge is 2.40. The van der Waals surface area contributed by atoms with E-state index in [1.807, 2.05) is 0 Å². The summed E-state index contributed by atoms with van der Waals surface area (Å²) < 4.78 is 2.23. The van der Waals surface area contributed by atoms with E-state index in [0.29, 0.717) is 0 Å². The number of hydrogen-bond donors (Lipinski definition) is 0. The van der Waals surface area contributed by atoms with Crippen molar-refractivity contribution >= 4 is 51.8 Å². The molecule has 38 heavy (non-hydrogen) atoms. The molecule has 3 heteroatoms. The molecule has 0 spiro atoms. The number of anilines is 1. The van der Waals surface area contributed by atoms with E-state index < -0.39 is 8.07 Å². The molecule has 1 heterocycles. The molecule has 2 aliphatic rings. The van der Waals surface area contributed by atoms with E-state index in [4.69, 9.17) is 0 Å². The average Bonchev–Trinajstić information content (AvgIpc) is 2.91. The summed E-state index contributed by atoms with van der Waals surface area (Å²) in [5, 5.41) is 8.45. The minimum atomic E-state index is -1.94. The maximum atomic E-state index is 2.51. The third kappa shape index (κ3) is 3.56. The molecule has 0 aromatic heterocycles. The molecule has 1 aliphatic heterocycles. The lowest BCUT2D eigenvalue weighted by molar-refractivity contribution is -0.462. The van der Waals surface area contributed by atoms with Crippen LogP contribution in [-0.2, 0) is 0 Å². The van der Waals surface area contributed by atoms with Crippen molar-refractivity contribution in [3.05, 3.63) is 112 Å². The summed E-state index contributed by atoms with van der Waals surface area (Å²) in [4.78, 5) is 2.23. The zero-order valence-corrected chi connectivity index (χ0v) is 24.9. The Kier molecular flexibility index (Phi) is 5.62. The number of hydrogen-bond acceptors (Lipinski definition) is 1. The highest BCUT2D eigenvalue weighted by Crippen LogP contribution is 2.43. The Hall–Kier alpha value is -3.69. The van der Waals surface area contributed by atoms with Crippen molar-refractivity contribution in [3.63, 3.8) is 0 Å². The van der Waals surface area contributed by atoms with Gasteiger partial charge in [-0.2, -0.15) is 0 Å². The molecule has 190 valence electrons. The second-order valence-corrected chi connectivity index (χ2v) is 16.1. The molecule has 0 saturated carbocycles. The topological polar surface area (TPSA) is 6.25 Å². The van der Waals surface area contributed by atoms with Gasteiger partial charge in [0.1, 0.15) is 22.2 Å². The predicted molar refractivity (Wildman–Crippen MR) is 169 cm³/mol. The van der Waals surface area contributed by atoms with Crippen LogP contribution in [0.2, 0.25) is 13.1 Å². The third-order valence-corrected chi connectivity index (χ3v) is 12.3. The summed E-state index contributed by atoms with van der Waals surface area (Å²) in [7, 11) is 6.61. The van der Waals surface area contributed by atoms with Gasteiger partial charge >= 0.3 is 0 Å². The van der Waals surface area contributed by atoms with Gasteiger partial charge in [0.25, 0.3) is 0 Å². The zero-order chi connectivity index (χ0) is 26.9. The van der Waals surface area contributed by atoms with Crippen LogP contribution in [0, 0.1) is 13.8 Å². The molecule has 2 nitrogen and oxygen atoms in total. The quantitative estimate of drug-likeness (QED) is 0.157. The monoisotopic (exact) mass is 513 g/mol. The maximum Gasteiger partial charge on any atom is 0.199 e. The van der Waals surface area contributed by atoms with Crippen LogP contribution in [0.1, 0.15) is 22.3 Å². The molecule has 4 aromatic rings. The van der Waals surface area contributed by atoms with Crippen LogP contribution >= 0.6 is 0 Å². The van der Waals surface area contributed by atoms with Crippen LogP contribution in [0.25, 0.3) is 27.1 Å². The van der Waals surface area contributed by atoms with Crippen LogP contribution < -0.4 is 10.1 Å². The lowest BCUT2D eigenvalue weighted by Crippen LogP contribution is -2.49. The van der Waals surface area contributed by atoms with Crippen LogP contribution in [0.15, 0.2) is 89.7 Å². The number of rotatable bonds is 2. The van der Waals surface area contributed by atoms with Gasteiger partial charge in [-0.3, -0.25) is 0 Å². The van der Waals surface area contributed by atoms with E-state index in [2.05, 4.69) is 143 Å². The number of aryl methyl sites for hydroxylation is 2. The molecular formula is C35H37N2Si+. The number of benzene rings is 4. The first-order valence-electron chi connectivity index (χ1n) is 13.5. The van der Waals surface area contributed by atoms with Crippen molar-refractivity contribution < 1.29 is 4.58 Å². The first kappa shape index (κ1) is 24.6. The van der Waals surface area contributed by atoms with Gasteiger partial charge in [0.2, 0.25) is 0 Å². The Morgan fingerprint density at radius 3 is 2.05 bits per heavy atom. The molecule has 0 bridgehead atoms. The van der Waals surface area contributed by atoms with Crippen molar-refractivity contribution in [1.29, 1.82) is 0 Å². The standard InChI is InChI=1S/C35H37N2Si/c1-22-27-11-9-10-12-28(27)23(2)32-19-24(13-16-29(22)32)35-30-17-14-25(36(3)4)20-33(30)38(7,8)34-21-26(37(5)6)15-18-31(34)35/h9-21H,1-8H3/q+1. The average molecular weight is 514 g/mol. The van der Waals surface area contributed by atoms with Crippen molar-refractivity contribution in [2.24, 2.45) is 0 Å².